The van der Waals surface area contributed by atoms with E-state index >= 15 is 0 Å². The van der Waals surface area contributed by atoms with E-state index in [1.807, 2.05) is 12.1 Å². The SMILES string of the molecule is CC(C)(C)c1ccc2c(c1)C1OC(CO)CCC1C(c1cccc(C3COC4c5cc(C(C)(F)F)ccc5NC(c5cccc(O)c5)C4C3)c1)N2. The summed E-state index contributed by atoms with van der Waals surface area (Å²) in [4.78, 5) is 0. The molecule has 8 unspecified atom stereocenters. The Hall–Kier alpha value is -3.98. The van der Waals surface area contributed by atoms with E-state index in [1.165, 1.54) is 22.8 Å². The Balaban J connectivity index is 1.12. The van der Waals surface area contributed by atoms with Gasteiger partial charge in [-0.1, -0.05) is 75.4 Å². The minimum absolute atomic E-state index is 0.00103. The van der Waals surface area contributed by atoms with Crippen LogP contribution in [0.5, 0.6) is 5.75 Å². The first-order chi connectivity index (χ1) is 24.4. The number of phenols is 1. The quantitative estimate of drug-likeness (QED) is 0.167. The van der Waals surface area contributed by atoms with Gasteiger partial charge in [0.15, 0.2) is 0 Å². The van der Waals surface area contributed by atoms with Gasteiger partial charge < -0.3 is 30.3 Å². The number of aliphatic hydroxyl groups excluding tert-OH is 1. The van der Waals surface area contributed by atoms with Gasteiger partial charge in [-0.2, -0.15) is 0 Å². The Kier molecular flexibility index (Phi) is 8.63. The number of aliphatic hydroxyl groups is 1. The third-order valence-corrected chi connectivity index (χ3v) is 11.7. The van der Waals surface area contributed by atoms with Crippen molar-refractivity contribution in [3.8, 4) is 5.75 Å². The molecule has 8 rings (SSSR count). The molecule has 51 heavy (non-hydrogen) atoms. The molecule has 0 aliphatic carbocycles. The van der Waals surface area contributed by atoms with Crippen molar-refractivity contribution in [2.75, 3.05) is 23.8 Å². The zero-order chi connectivity index (χ0) is 35.7. The lowest BCUT2D eigenvalue weighted by molar-refractivity contribution is -0.110. The van der Waals surface area contributed by atoms with E-state index in [2.05, 4.69) is 73.9 Å². The van der Waals surface area contributed by atoms with Crippen molar-refractivity contribution in [3.05, 3.63) is 124 Å². The number of ether oxygens (including phenoxy) is 2. The number of anilines is 2. The van der Waals surface area contributed by atoms with E-state index in [0.717, 1.165) is 54.3 Å². The number of benzene rings is 4. The van der Waals surface area contributed by atoms with E-state index in [4.69, 9.17) is 9.47 Å². The van der Waals surface area contributed by atoms with E-state index < -0.39 is 5.92 Å². The first kappa shape index (κ1) is 34.1. The summed E-state index contributed by atoms with van der Waals surface area (Å²) in [6.07, 6.45) is 1.84. The van der Waals surface area contributed by atoms with Gasteiger partial charge in [-0.25, -0.2) is 8.78 Å². The van der Waals surface area contributed by atoms with Crippen LogP contribution in [0, 0.1) is 11.8 Å². The zero-order valence-corrected chi connectivity index (χ0v) is 29.7. The van der Waals surface area contributed by atoms with Crippen molar-refractivity contribution in [3.63, 3.8) is 0 Å². The number of halogens is 2. The van der Waals surface area contributed by atoms with E-state index in [0.29, 0.717) is 6.61 Å². The topological polar surface area (TPSA) is 83.0 Å². The van der Waals surface area contributed by atoms with Gasteiger partial charge in [0, 0.05) is 52.7 Å². The smallest absolute Gasteiger partial charge is 0.270 e. The zero-order valence-electron chi connectivity index (χ0n) is 29.7. The van der Waals surface area contributed by atoms with Crippen LogP contribution in [-0.4, -0.2) is 29.5 Å². The van der Waals surface area contributed by atoms with Crippen molar-refractivity contribution < 1.29 is 28.5 Å². The number of phenolic OH excluding ortho intramolecular Hbond substituents is 1. The number of hydrogen-bond acceptors (Lipinski definition) is 6. The summed E-state index contributed by atoms with van der Waals surface area (Å²) in [5, 5.41) is 28.0. The summed E-state index contributed by atoms with van der Waals surface area (Å²) in [6, 6.07) is 27.4. The van der Waals surface area contributed by atoms with Crippen LogP contribution < -0.4 is 10.6 Å². The molecule has 4 heterocycles. The Bertz CT molecular complexity index is 1920. The van der Waals surface area contributed by atoms with Gasteiger partial charge in [0.2, 0.25) is 0 Å². The Labute approximate surface area is 299 Å². The molecule has 2 fully saturated rings. The molecule has 8 atom stereocenters. The van der Waals surface area contributed by atoms with E-state index in [1.54, 1.807) is 24.3 Å². The monoisotopic (exact) mass is 694 g/mol. The summed E-state index contributed by atoms with van der Waals surface area (Å²) in [7, 11) is 0. The molecule has 0 saturated carbocycles. The predicted molar refractivity (Wildman–Crippen MR) is 195 cm³/mol. The van der Waals surface area contributed by atoms with Crippen LogP contribution in [0.25, 0.3) is 0 Å². The second-order valence-corrected chi connectivity index (χ2v) is 16.2. The highest BCUT2D eigenvalue weighted by Gasteiger charge is 2.45. The standard InChI is InChI=1S/C43H48F2N2O4/c1-42(2,3)28-11-15-37-34(20-28)41-32(14-13-31(22-48)51-41)38(46-37)25-8-5-7-24(17-25)27-19-35-39(26-9-6-10-30(49)18-26)47-36-16-12-29(43(4,44)45)21-33(36)40(35)50-23-27/h5-12,15-18,20-21,27,31-32,35,38-41,46-49H,13-14,19,22-23H2,1-4H3. The molecule has 6 nitrogen and oxygen atoms in total. The summed E-state index contributed by atoms with van der Waals surface area (Å²) < 4.78 is 42.3. The molecule has 4 N–H and O–H groups in total. The fraction of sp³-hybridized carbons (Fsp3) is 0.442. The minimum atomic E-state index is -2.96. The molecule has 0 amide bonds. The largest absolute Gasteiger partial charge is 0.508 e. The summed E-state index contributed by atoms with van der Waals surface area (Å²) in [6.45, 7) is 8.08. The predicted octanol–water partition coefficient (Wildman–Crippen LogP) is 9.82. The first-order valence-corrected chi connectivity index (χ1v) is 18.3. The van der Waals surface area contributed by atoms with Crippen molar-refractivity contribution in [2.45, 2.75) is 94.6 Å². The summed E-state index contributed by atoms with van der Waals surface area (Å²) in [5.41, 5.74) is 8.31. The molecule has 0 aromatic heterocycles. The Morgan fingerprint density at radius 2 is 1.35 bits per heavy atom. The number of alkyl halides is 2. The lowest BCUT2D eigenvalue weighted by Crippen LogP contribution is -2.40. The Morgan fingerprint density at radius 1 is 0.725 bits per heavy atom. The third kappa shape index (κ3) is 6.40. The van der Waals surface area contributed by atoms with Gasteiger partial charge in [0.25, 0.3) is 5.92 Å². The lowest BCUT2D eigenvalue weighted by atomic mass is 9.72. The number of nitrogens with one attached hydrogen (secondary N) is 2. The Morgan fingerprint density at radius 3 is 2.04 bits per heavy atom. The molecule has 4 aliphatic rings. The molecule has 4 aromatic carbocycles. The first-order valence-electron chi connectivity index (χ1n) is 18.3. The number of aromatic hydroxyl groups is 1. The fourth-order valence-corrected chi connectivity index (χ4v) is 8.95. The average molecular weight is 695 g/mol. The van der Waals surface area contributed by atoms with Gasteiger partial charge in [0.05, 0.1) is 43.6 Å². The molecule has 0 bridgehead atoms. The number of hydrogen-bond donors (Lipinski definition) is 4. The minimum Gasteiger partial charge on any atom is -0.508 e. The van der Waals surface area contributed by atoms with Gasteiger partial charge >= 0.3 is 0 Å². The van der Waals surface area contributed by atoms with Crippen molar-refractivity contribution in [1.82, 2.24) is 0 Å². The lowest BCUT2D eigenvalue weighted by Gasteiger charge is -2.46. The van der Waals surface area contributed by atoms with Gasteiger partial charge in [-0.05, 0) is 77.3 Å². The second kappa shape index (κ2) is 12.9. The summed E-state index contributed by atoms with van der Waals surface area (Å²) >= 11 is 0. The van der Waals surface area contributed by atoms with Crippen LogP contribution in [0.15, 0.2) is 84.9 Å². The van der Waals surface area contributed by atoms with Gasteiger partial charge in [-0.3, -0.25) is 0 Å². The van der Waals surface area contributed by atoms with Crippen LogP contribution in [0.4, 0.5) is 20.2 Å². The number of fused-ring (bicyclic) bond motifs is 6. The maximum Gasteiger partial charge on any atom is 0.270 e. The molecule has 0 radical (unpaired) electrons. The van der Waals surface area contributed by atoms with Crippen LogP contribution >= 0.6 is 0 Å². The molecule has 0 spiro atoms. The van der Waals surface area contributed by atoms with E-state index in [9.17, 15) is 19.0 Å². The van der Waals surface area contributed by atoms with Crippen LogP contribution in [0.3, 0.4) is 0 Å². The number of rotatable bonds is 5. The molecule has 4 aliphatic heterocycles. The van der Waals surface area contributed by atoms with Crippen LogP contribution in [0.2, 0.25) is 0 Å². The highest BCUT2D eigenvalue weighted by Crippen LogP contribution is 2.54. The molecule has 268 valence electrons. The van der Waals surface area contributed by atoms with E-state index in [-0.39, 0.29) is 71.5 Å². The highest BCUT2D eigenvalue weighted by molar-refractivity contribution is 5.60. The molecular weight excluding hydrogens is 646 g/mol. The summed E-state index contributed by atoms with van der Waals surface area (Å²) in [5.74, 6) is -2.57. The molecule has 4 aromatic rings. The van der Waals surface area contributed by atoms with Crippen molar-refractivity contribution >= 4 is 11.4 Å². The second-order valence-electron chi connectivity index (χ2n) is 16.2. The average Bonchev–Trinajstić information content (AvgIpc) is 3.12. The molecule has 2 saturated heterocycles. The maximum absolute atomic E-state index is 14.5. The fourth-order valence-electron chi connectivity index (χ4n) is 8.95. The highest BCUT2D eigenvalue weighted by atomic mass is 19.3. The maximum atomic E-state index is 14.5. The normalized spacial score (nSPS) is 28.7. The molecule has 8 heteroatoms. The van der Waals surface area contributed by atoms with Gasteiger partial charge in [-0.15, -0.1) is 0 Å². The van der Waals surface area contributed by atoms with Crippen LogP contribution in [0.1, 0.15) is 116 Å². The van der Waals surface area contributed by atoms with Crippen molar-refractivity contribution in [1.29, 1.82) is 0 Å². The van der Waals surface area contributed by atoms with Gasteiger partial charge in [0.1, 0.15) is 5.75 Å². The van der Waals surface area contributed by atoms with Crippen LogP contribution in [-0.2, 0) is 20.8 Å². The molecular formula is C43H48F2N2O4. The third-order valence-electron chi connectivity index (χ3n) is 11.7. The van der Waals surface area contributed by atoms with Crippen molar-refractivity contribution in [2.24, 2.45) is 11.8 Å².